The summed E-state index contributed by atoms with van der Waals surface area (Å²) < 4.78 is 0. The molecular weight excluding hydrogens is 163 g/mol. The lowest BCUT2D eigenvalue weighted by Gasteiger charge is -2.09. The normalized spacial score (nSPS) is 15.8. The minimum Gasteiger partial charge on any atom is -0.307 e. The smallest absolute Gasteiger partial charge is 0.208 e. The second kappa shape index (κ2) is 4.80. The summed E-state index contributed by atoms with van der Waals surface area (Å²) >= 11 is 0. The van der Waals surface area contributed by atoms with Crippen LogP contribution in [0.1, 0.15) is 19.8 Å². The number of hydrogen-bond acceptors (Lipinski definition) is 2. The zero-order valence-corrected chi connectivity index (χ0v) is 7.75. The van der Waals surface area contributed by atoms with Crippen molar-refractivity contribution in [2.45, 2.75) is 26.1 Å². The fourth-order valence-electron chi connectivity index (χ4n) is 1.27. The zero-order valence-electron chi connectivity index (χ0n) is 7.75. The van der Waals surface area contributed by atoms with E-state index in [0.29, 0.717) is 12.8 Å². The Balaban J connectivity index is 2.63. The highest BCUT2D eigenvalue weighted by atomic mass is 16.1. The van der Waals surface area contributed by atoms with Gasteiger partial charge in [-0.1, -0.05) is 25.4 Å². The molecule has 0 N–H and O–H groups in total. The Bertz CT molecular complexity index is 277. The van der Waals surface area contributed by atoms with E-state index in [9.17, 15) is 9.59 Å². The van der Waals surface area contributed by atoms with Crippen LogP contribution in [-0.2, 0) is 9.59 Å². The molecule has 0 aromatic heterocycles. The number of rotatable bonds is 4. The molecule has 1 aliphatic carbocycles. The molecule has 0 fully saturated rings. The summed E-state index contributed by atoms with van der Waals surface area (Å²) in [7, 11) is 1.67. The molecule has 2 nitrogen and oxygen atoms in total. The SMILES string of the molecule is CC[B]C(=O)C1=CC=C(C=O)CC1. The summed E-state index contributed by atoms with van der Waals surface area (Å²) in [5.74, 6) is 0. The third-order valence-corrected chi connectivity index (χ3v) is 2.04. The van der Waals surface area contributed by atoms with Crippen LogP contribution < -0.4 is 0 Å². The van der Waals surface area contributed by atoms with Crippen LogP contribution in [0.4, 0.5) is 0 Å². The second-order valence-electron chi connectivity index (χ2n) is 3.03. The molecule has 1 aliphatic rings. The van der Waals surface area contributed by atoms with Crippen LogP contribution in [0.3, 0.4) is 0 Å². The average molecular weight is 175 g/mol. The maximum absolute atomic E-state index is 11.4. The summed E-state index contributed by atoms with van der Waals surface area (Å²) in [6.45, 7) is 1.94. The standard InChI is InChI=1S/C10H12BO2/c1-2-11-10(13)9-5-3-8(7-12)4-6-9/h3,5,7H,2,4,6H2,1H3. The Hall–Kier alpha value is -1.12. The van der Waals surface area contributed by atoms with Crippen molar-refractivity contribution in [2.75, 3.05) is 0 Å². The van der Waals surface area contributed by atoms with E-state index < -0.39 is 0 Å². The first-order chi connectivity index (χ1) is 6.27. The number of carbonyl (C=O) groups excluding carboxylic acids is 2. The number of allylic oxidation sites excluding steroid dienone is 4. The molecule has 0 aromatic carbocycles. The minimum atomic E-state index is 0.101. The van der Waals surface area contributed by atoms with Gasteiger partial charge in [0.25, 0.3) is 0 Å². The van der Waals surface area contributed by atoms with Gasteiger partial charge in [-0.15, -0.1) is 0 Å². The lowest BCUT2D eigenvalue weighted by Crippen LogP contribution is -2.12. The zero-order chi connectivity index (χ0) is 9.68. The van der Waals surface area contributed by atoms with E-state index in [0.717, 1.165) is 23.8 Å². The van der Waals surface area contributed by atoms with Crippen LogP contribution in [0.15, 0.2) is 23.3 Å². The third-order valence-electron chi connectivity index (χ3n) is 2.04. The van der Waals surface area contributed by atoms with Gasteiger partial charge in [0.2, 0.25) is 7.28 Å². The molecule has 13 heavy (non-hydrogen) atoms. The van der Waals surface area contributed by atoms with Crippen molar-refractivity contribution < 1.29 is 9.59 Å². The van der Waals surface area contributed by atoms with Crippen molar-refractivity contribution in [2.24, 2.45) is 0 Å². The van der Waals surface area contributed by atoms with E-state index in [-0.39, 0.29) is 5.68 Å². The van der Waals surface area contributed by atoms with Gasteiger partial charge in [-0.05, 0) is 24.0 Å². The number of hydrogen-bond donors (Lipinski definition) is 0. The molecular formula is C10H12BO2. The first kappa shape index (κ1) is 9.97. The molecule has 67 valence electrons. The lowest BCUT2D eigenvalue weighted by atomic mass is 9.66. The number of carbonyl (C=O) groups is 2. The maximum Gasteiger partial charge on any atom is 0.208 e. The summed E-state index contributed by atoms with van der Waals surface area (Å²) in [5.41, 5.74) is 1.68. The van der Waals surface area contributed by atoms with Crippen molar-refractivity contribution in [1.82, 2.24) is 0 Å². The van der Waals surface area contributed by atoms with Gasteiger partial charge >= 0.3 is 0 Å². The van der Waals surface area contributed by atoms with Crippen LogP contribution in [0, 0.1) is 0 Å². The molecule has 0 unspecified atom stereocenters. The van der Waals surface area contributed by atoms with Crippen LogP contribution >= 0.6 is 0 Å². The third kappa shape index (κ3) is 2.69. The first-order valence-corrected chi connectivity index (χ1v) is 4.50. The van der Waals surface area contributed by atoms with Gasteiger partial charge in [-0.25, -0.2) is 0 Å². The molecule has 0 amide bonds. The molecule has 0 aromatic rings. The topological polar surface area (TPSA) is 34.1 Å². The summed E-state index contributed by atoms with van der Waals surface area (Å²) in [6.07, 6.45) is 6.48. The molecule has 0 saturated heterocycles. The van der Waals surface area contributed by atoms with Crippen molar-refractivity contribution in [1.29, 1.82) is 0 Å². The average Bonchev–Trinajstić information content (AvgIpc) is 2.18. The maximum atomic E-state index is 11.4. The fraction of sp³-hybridized carbons (Fsp3) is 0.400. The van der Waals surface area contributed by atoms with E-state index in [1.165, 1.54) is 0 Å². The van der Waals surface area contributed by atoms with Crippen molar-refractivity contribution >= 4 is 19.2 Å². The van der Waals surface area contributed by atoms with E-state index in [4.69, 9.17) is 0 Å². The molecule has 3 heteroatoms. The highest BCUT2D eigenvalue weighted by Crippen LogP contribution is 2.17. The van der Waals surface area contributed by atoms with E-state index >= 15 is 0 Å². The highest BCUT2D eigenvalue weighted by Gasteiger charge is 2.12. The molecule has 1 radical (unpaired) electrons. The van der Waals surface area contributed by atoms with Crippen molar-refractivity contribution in [3.63, 3.8) is 0 Å². The molecule has 0 atom stereocenters. The Morgan fingerprint density at radius 2 is 2.31 bits per heavy atom. The highest BCUT2D eigenvalue weighted by molar-refractivity contribution is 6.77. The van der Waals surface area contributed by atoms with Crippen LogP contribution in [0.2, 0.25) is 6.32 Å². The van der Waals surface area contributed by atoms with Crippen molar-refractivity contribution in [3.05, 3.63) is 23.3 Å². The molecule has 0 spiro atoms. The predicted molar refractivity (Wildman–Crippen MR) is 52.7 cm³/mol. The Kier molecular flexibility index (Phi) is 3.68. The van der Waals surface area contributed by atoms with E-state index in [2.05, 4.69) is 0 Å². The van der Waals surface area contributed by atoms with Gasteiger partial charge in [-0.2, -0.15) is 0 Å². The van der Waals surface area contributed by atoms with Gasteiger partial charge in [0.05, 0.1) is 0 Å². The minimum absolute atomic E-state index is 0.101. The fourth-order valence-corrected chi connectivity index (χ4v) is 1.27. The Labute approximate surface area is 78.9 Å². The largest absolute Gasteiger partial charge is 0.307 e. The van der Waals surface area contributed by atoms with Gasteiger partial charge < -0.3 is 4.79 Å². The predicted octanol–water partition coefficient (Wildman–Crippen LogP) is 1.50. The molecule has 0 heterocycles. The molecule has 1 rings (SSSR count). The van der Waals surface area contributed by atoms with Crippen molar-refractivity contribution in [3.8, 4) is 0 Å². The lowest BCUT2D eigenvalue weighted by molar-refractivity contribution is -0.109. The number of aldehydes is 1. The van der Waals surface area contributed by atoms with E-state index in [1.807, 2.05) is 6.92 Å². The van der Waals surface area contributed by atoms with E-state index in [1.54, 1.807) is 19.4 Å². The summed E-state index contributed by atoms with van der Waals surface area (Å²) in [5, 5.41) is 0. The first-order valence-electron chi connectivity index (χ1n) is 4.50. The van der Waals surface area contributed by atoms with Gasteiger partial charge in [-0.3, -0.25) is 4.79 Å². The van der Waals surface area contributed by atoms with Gasteiger partial charge in [0.15, 0.2) is 0 Å². The quantitative estimate of drug-likeness (QED) is 0.479. The van der Waals surface area contributed by atoms with Gasteiger partial charge in [0, 0.05) is 0 Å². The summed E-state index contributed by atoms with van der Waals surface area (Å²) in [6, 6.07) is 0. The van der Waals surface area contributed by atoms with Gasteiger partial charge in [0.1, 0.15) is 12.0 Å². The van der Waals surface area contributed by atoms with Crippen LogP contribution in [0.25, 0.3) is 0 Å². The summed E-state index contributed by atoms with van der Waals surface area (Å²) in [4.78, 5) is 21.7. The molecule has 0 saturated carbocycles. The second-order valence-corrected chi connectivity index (χ2v) is 3.03. The van der Waals surface area contributed by atoms with Crippen LogP contribution in [-0.4, -0.2) is 19.2 Å². The van der Waals surface area contributed by atoms with Crippen LogP contribution in [0.5, 0.6) is 0 Å². The molecule has 0 bridgehead atoms. The molecule has 0 aliphatic heterocycles. The monoisotopic (exact) mass is 175 g/mol. The Morgan fingerprint density at radius 1 is 1.54 bits per heavy atom. The Morgan fingerprint density at radius 3 is 2.77 bits per heavy atom.